The fourth-order valence-electron chi connectivity index (χ4n) is 4.66. The van der Waals surface area contributed by atoms with Crippen molar-refractivity contribution < 1.29 is 4.79 Å². The zero-order chi connectivity index (χ0) is 19.4. The molecule has 0 bridgehead atoms. The maximum absolute atomic E-state index is 12.7. The van der Waals surface area contributed by atoms with Crippen molar-refractivity contribution in [2.45, 2.75) is 57.0 Å². The van der Waals surface area contributed by atoms with Crippen molar-refractivity contribution in [3.05, 3.63) is 71.8 Å². The maximum atomic E-state index is 12.7. The van der Waals surface area contributed by atoms with E-state index in [-0.39, 0.29) is 17.5 Å². The first kappa shape index (κ1) is 18.7. The van der Waals surface area contributed by atoms with Gasteiger partial charge in [-0.2, -0.15) is 5.10 Å². The third kappa shape index (κ3) is 3.82. The summed E-state index contributed by atoms with van der Waals surface area (Å²) in [4.78, 5) is 12.7. The summed E-state index contributed by atoms with van der Waals surface area (Å²) in [5, 5.41) is 10.6. The Morgan fingerprint density at radius 3 is 2.36 bits per heavy atom. The lowest BCUT2D eigenvalue weighted by Crippen LogP contribution is -2.54. The van der Waals surface area contributed by atoms with Crippen LogP contribution in [0.25, 0.3) is 0 Å². The summed E-state index contributed by atoms with van der Waals surface area (Å²) in [5.74, 6) is 0.00158. The number of hydrazone groups is 1. The van der Waals surface area contributed by atoms with Crippen molar-refractivity contribution in [1.82, 2.24) is 10.3 Å². The van der Waals surface area contributed by atoms with Crippen LogP contribution >= 0.6 is 0 Å². The first-order valence-electron chi connectivity index (χ1n) is 10.4. The molecule has 1 N–H and O–H groups in total. The highest BCUT2D eigenvalue weighted by Crippen LogP contribution is 2.43. The van der Waals surface area contributed by atoms with Crippen LogP contribution in [0.2, 0.25) is 0 Å². The van der Waals surface area contributed by atoms with Crippen molar-refractivity contribution in [3.63, 3.8) is 0 Å². The number of benzene rings is 2. The van der Waals surface area contributed by atoms with Crippen LogP contribution in [0.5, 0.6) is 0 Å². The minimum absolute atomic E-state index is 0.00158. The number of nitrogens with zero attached hydrogens (tertiary/aromatic N) is 2. The summed E-state index contributed by atoms with van der Waals surface area (Å²) < 4.78 is 0. The van der Waals surface area contributed by atoms with Crippen molar-refractivity contribution in [2.75, 3.05) is 6.54 Å². The minimum atomic E-state index is -0.110. The molecule has 1 amide bonds. The van der Waals surface area contributed by atoms with Crippen LogP contribution in [-0.4, -0.2) is 28.7 Å². The molecule has 2 aliphatic rings. The highest BCUT2D eigenvalue weighted by Gasteiger charge is 2.44. The van der Waals surface area contributed by atoms with Gasteiger partial charge in [-0.25, -0.2) is 0 Å². The molecule has 1 aliphatic heterocycles. The molecule has 0 aromatic heterocycles. The Balaban J connectivity index is 1.58. The van der Waals surface area contributed by atoms with Crippen LogP contribution in [0, 0.1) is 0 Å². The first-order chi connectivity index (χ1) is 13.7. The van der Waals surface area contributed by atoms with Crippen LogP contribution in [0.15, 0.2) is 65.8 Å². The number of hydrogen-bond acceptors (Lipinski definition) is 3. The van der Waals surface area contributed by atoms with Crippen molar-refractivity contribution in [3.8, 4) is 0 Å². The second kappa shape index (κ2) is 8.17. The van der Waals surface area contributed by atoms with Gasteiger partial charge in [0, 0.05) is 24.2 Å². The van der Waals surface area contributed by atoms with Gasteiger partial charge in [0.15, 0.2) is 0 Å². The van der Waals surface area contributed by atoms with Crippen LogP contribution < -0.4 is 5.32 Å². The Hall–Kier alpha value is -2.62. The number of rotatable bonds is 5. The SMILES string of the molecule is CC1=NN(C2(CNC(=O)c3ccccc3)CCCCC2)[C@H](c2ccccc2)C1. The Morgan fingerprint density at radius 1 is 1.04 bits per heavy atom. The average molecular weight is 376 g/mol. The van der Waals surface area contributed by atoms with E-state index < -0.39 is 0 Å². The number of amides is 1. The zero-order valence-corrected chi connectivity index (χ0v) is 16.6. The molecule has 4 nitrogen and oxygen atoms in total. The molecule has 1 fully saturated rings. The molecule has 0 radical (unpaired) electrons. The van der Waals surface area contributed by atoms with E-state index in [4.69, 9.17) is 5.10 Å². The lowest BCUT2D eigenvalue weighted by molar-refractivity contribution is 0.0250. The van der Waals surface area contributed by atoms with E-state index in [1.54, 1.807) is 0 Å². The van der Waals surface area contributed by atoms with E-state index >= 15 is 0 Å². The van der Waals surface area contributed by atoms with Gasteiger partial charge in [0.1, 0.15) is 0 Å². The number of nitrogens with one attached hydrogen (secondary N) is 1. The fourth-order valence-corrected chi connectivity index (χ4v) is 4.66. The van der Waals surface area contributed by atoms with Gasteiger partial charge in [-0.1, -0.05) is 67.8 Å². The monoisotopic (exact) mass is 375 g/mol. The summed E-state index contributed by atoms with van der Waals surface area (Å²) in [5.41, 5.74) is 3.09. The normalized spacial score (nSPS) is 21.2. The molecule has 2 aromatic carbocycles. The van der Waals surface area contributed by atoms with E-state index in [0.717, 1.165) is 19.3 Å². The Morgan fingerprint density at radius 2 is 1.68 bits per heavy atom. The van der Waals surface area contributed by atoms with E-state index in [0.29, 0.717) is 12.1 Å². The predicted octanol–water partition coefficient (Wildman–Crippen LogP) is 4.94. The molecule has 4 heteroatoms. The molecular weight excluding hydrogens is 346 g/mol. The summed E-state index contributed by atoms with van der Waals surface area (Å²) in [6, 6.07) is 20.4. The van der Waals surface area contributed by atoms with Crippen LogP contribution in [0.4, 0.5) is 0 Å². The first-order valence-corrected chi connectivity index (χ1v) is 10.4. The summed E-state index contributed by atoms with van der Waals surface area (Å²) in [6.07, 6.45) is 6.74. The van der Waals surface area contributed by atoms with E-state index in [9.17, 15) is 4.79 Å². The zero-order valence-electron chi connectivity index (χ0n) is 16.6. The summed E-state index contributed by atoms with van der Waals surface area (Å²) in [6.45, 7) is 2.76. The molecule has 0 saturated heterocycles. The molecule has 1 atom stereocenters. The van der Waals surface area contributed by atoms with Gasteiger partial charge in [0.2, 0.25) is 0 Å². The molecule has 146 valence electrons. The summed E-state index contributed by atoms with van der Waals surface area (Å²) >= 11 is 0. The van der Waals surface area contributed by atoms with Crippen LogP contribution in [-0.2, 0) is 0 Å². The van der Waals surface area contributed by atoms with E-state index in [1.807, 2.05) is 30.3 Å². The van der Waals surface area contributed by atoms with E-state index in [1.165, 1.54) is 30.5 Å². The summed E-state index contributed by atoms with van der Waals surface area (Å²) in [7, 11) is 0. The third-order valence-electron chi connectivity index (χ3n) is 6.13. The predicted molar refractivity (Wildman–Crippen MR) is 113 cm³/mol. The highest BCUT2D eigenvalue weighted by atomic mass is 16.1. The third-order valence-corrected chi connectivity index (χ3v) is 6.13. The molecule has 1 heterocycles. The topological polar surface area (TPSA) is 44.7 Å². The molecule has 4 rings (SSSR count). The lowest BCUT2D eigenvalue weighted by Gasteiger charge is -2.46. The Bertz CT molecular complexity index is 825. The highest BCUT2D eigenvalue weighted by molar-refractivity contribution is 5.94. The molecule has 28 heavy (non-hydrogen) atoms. The van der Waals surface area contributed by atoms with Gasteiger partial charge in [-0.15, -0.1) is 0 Å². The molecule has 2 aromatic rings. The smallest absolute Gasteiger partial charge is 0.251 e. The Labute approximate surface area is 167 Å². The van der Waals surface area contributed by atoms with Gasteiger partial charge in [-0.05, 0) is 37.5 Å². The average Bonchev–Trinajstić information content (AvgIpc) is 3.16. The fraction of sp³-hybridized carbons (Fsp3) is 0.417. The van der Waals surface area contributed by atoms with Gasteiger partial charge in [0.05, 0.1) is 11.6 Å². The lowest BCUT2D eigenvalue weighted by atomic mass is 9.79. The molecule has 0 unspecified atom stereocenters. The van der Waals surface area contributed by atoms with Crippen molar-refractivity contribution in [1.29, 1.82) is 0 Å². The van der Waals surface area contributed by atoms with Gasteiger partial charge >= 0.3 is 0 Å². The van der Waals surface area contributed by atoms with Gasteiger partial charge < -0.3 is 5.32 Å². The molecular formula is C24H29N3O. The maximum Gasteiger partial charge on any atom is 0.251 e. The number of carbonyl (C=O) groups excluding carboxylic acids is 1. The largest absolute Gasteiger partial charge is 0.350 e. The van der Waals surface area contributed by atoms with Crippen LogP contribution in [0.3, 0.4) is 0 Å². The Kier molecular flexibility index (Phi) is 5.47. The number of hydrogen-bond donors (Lipinski definition) is 1. The second-order valence-electron chi connectivity index (χ2n) is 8.14. The van der Waals surface area contributed by atoms with E-state index in [2.05, 4.69) is 47.6 Å². The molecule has 1 aliphatic carbocycles. The molecule has 0 spiro atoms. The quantitative estimate of drug-likeness (QED) is 0.804. The number of carbonyl (C=O) groups is 1. The van der Waals surface area contributed by atoms with Crippen molar-refractivity contribution >= 4 is 11.6 Å². The standard InChI is InChI=1S/C24H29N3O/c1-19-17-22(20-11-5-2-6-12-20)27(26-19)24(15-9-4-10-16-24)18-25-23(28)21-13-7-3-8-14-21/h2-3,5-8,11-14,22H,4,9-10,15-18H2,1H3,(H,25,28)/t22-/m0/s1. The molecule has 1 saturated carbocycles. The minimum Gasteiger partial charge on any atom is -0.350 e. The van der Waals surface area contributed by atoms with Crippen molar-refractivity contribution in [2.24, 2.45) is 5.10 Å². The van der Waals surface area contributed by atoms with Crippen LogP contribution in [0.1, 0.15) is 67.4 Å². The van der Waals surface area contributed by atoms with Gasteiger partial charge in [-0.3, -0.25) is 9.80 Å². The van der Waals surface area contributed by atoms with Gasteiger partial charge in [0.25, 0.3) is 5.91 Å². The second-order valence-corrected chi connectivity index (χ2v) is 8.14.